The molecular formula is C10H14IN. The van der Waals surface area contributed by atoms with Crippen molar-refractivity contribution in [2.24, 2.45) is 5.92 Å². The highest BCUT2D eigenvalue weighted by atomic mass is 127. The summed E-state index contributed by atoms with van der Waals surface area (Å²) in [6, 6.07) is 0.684. The Morgan fingerprint density at radius 1 is 1.67 bits per heavy atom. The third-order valence-corrected chi connectivity index (χ3v) is 5.29. The van der Waals surface area contributed by atoms with E-state index in [0.717, 1.165) is 5.92 Å². The van der Waals surface area contributed by atoms with Gasteiger partial charge in [-0.05, 0) is 29.5 Å². The molecule has 0 aromatic heterocycles. The lowest BCUT2D eigenvalue weighted by Gasteiger charge is -2.08. The molecule has 0 aliphatic carbocycles. The van der Waals surface area contributed by atoms with Crippen LogP contribution in [-0.4, -0.2) is 14.5 Å². The van der Waals surface area contributed by atoms with Crippen molar-refractivity contribution in [2.45, 2.75) is 19.9 Å². The quantitative estimate of drug-likeness (QED) is 0.571. The number of fused-ring (bicyclic) bond motifs is 1. The number of allylic oxidation sites excluding steroid dienone is 2. The molecule has 2 heterocycles. The Labute approximate surface area is 83.7 Å². The second kappa shape index (κ2) is 3.32. The van der Waals surface area contributed by atoms with E-state index in [-0.39, 0.29) is 0 Å². The van der Waals surface area contributed by atoms with Gasteiger partial charge in [0, 0.05) is 16.0 Å². The van der Waals surface area contributed by atoms with Crippen LogP contribution in [-0.2, 0) is 0 Å². The minimum absolute atomic E-state index is 0.404. The molecule has 2 aliphatic rings. The van der Waals surface area contributed by atoms with E-state index in [1.165, 1.54) is 10.1 Å². The molecule has 0 saturated carbocycles. The van der Waals surface area contributed by atoms with E-state index in [9.17, 15) is 0 Å². The van der Waals surface area contributed by atoms with E-state index in [1.807, 2.05) is 0 Å². The maximum atomic E-state index is 3.57. The van der Waals surface area contributed by atoms with Crippen LogP contribution in [0.1, 0.15) is 13.8 Å². The maximum Gasteiger partial charge on any atom is 0.0570 e. The Morgan fingerprint density at radius 2 is 2.50 bits per heavy atom. The van der Waals surface area contributed by atoms with Gasteiger partial charge in [-0.25, -0.2) is 0 Å². The highest BCUT2D eigenvalue weighted by molar-refractivity contribution is 14.2. The maximum absolute atomic E-state index is 3.57. The van der Waals surface area contributed by atoms with Crippen LogP contribution in [0.15, 0.2) is 23.4 Å². The largest absolute Gasteiger partial charge is 0.378 e. The van der Waals surface area contributed by atoms with Crippen molar-refractivity contribution in [1.82, 2.24) is 5.32 Å². The summed E-state index contributed by atoms with van der Waals surface area (Å²) < 4.78 is 3.97. The Balaban J connectivity index is 2.22. The van der Waals surface area contributed by atoms with Crippen molar-refractivity contribution in [3.63, 3.8) is 0 Å². The summed E-state index contributed by atoms with van der Waals surface area (Å²) >= 11 is 0.404. The van der Waals surface area contributed by atoms with Crippen LogP contribution >= 0.6 is 20.7 Å². The zero-order valence-electron chi connectivity index (χ0n) is 7.47. The average molecular weight is 275 g/mol. The van der Waals surface area contributed by atoms with Crippen LogP contribution in [0.2, 0.25) is 0 Å². The van der Waals surface area contributed by atoms with Crippen molar-refractivity contribution in [3.05, 3.63) is 23.4 Å². The Kier molecular flexibility index (Phi) is 2.35. The van der Waals surface area contributed by atoms with Gasteiger partial charge in [-0.1, -0.05) is 6.08 Å². The first-order valence-corrected chi connectivity index (χ1v) is 7.11. The van der Waals surface area contributed by atoms with Gasteiger partial charge in [-0.2, -0.15) is 0 Å². The molecular weight excluding hydrogens is 261 g/mol. The first-order valence-electron chi connectivity index (χ1n) is 4.34. The monoisotopic (exact) mass is 275 g/mol. The lowest BCUT2D eigenvalue weighted by Crippen LogP contribution is -2.27. The van der Waals surface area contributed by atoms with Gasteiger partial charge >= 0.3 is 0 Å². The fourth-order valence-corrected chi connectivity index (χ4v) is 5.06. The molecule has 0 aromatic rings. The summed E-state index contributed by atoms with van der Waals surface area (Å²) in [7, 11) is 0. The molecule has 0 spiro atoms. The van der Waals surface area contributed by atoms with Crippen LogP contribution < -0.4 is 5.32 Å². The molecule has 0 aromatic carbocycles. The van der Waals surface area contributed by atoms with Gasteiger partial charge in [-0.15, -0.1) is 20.7 Å². The van der Waals surface area contributed by atoms with Crippen LogP contribution in [0.3, 0.4) is 0 Å². The van der Waals surface area contributed by atoms with E-state index in [1.54, 1.807) is 5.57 Å². The summed E-state index contributed by atoms with van der Waals surface area (Å²) in [5.74, 6) is 0.837. The zero-order chi connectivity index (χ0) is 8.55. The summed E-state index contributed by atoms with van der Waals surface area (Å²) in [6.07, 6.45) is 4.31. The zero-order valence-corrected chi connectivity index (χ0v) is 9.63. The molecule has 0 amide bonds. The molecule has 2 aliphatic heterocycles. The molecule has 0 saturated heterocycles. The molecule has 66 valence electrons. The normalized spacial score (nSPS) is 33.8. The average Bonchev–Trinajstić information content (AvgIpc) is 2.58. The van der Waals surface area contributed by atoms with Crippen LogP contribution in [0.5, 0.6) is 0 Å². The smallest absolute Gasteiger partial charge is 0.0570 e. The van der Waals surface area contributed by atoms with Gasteiger partial charge in [0.2, 0.25) is 0 Å². The Bertz CT molecular complexity index is 276. The second-order valence-electron chi connectivity index (χ2n) is 3.31. The lowest BCUT2D eigenvalue weighted by molar-refractivity contribution is 0.646. The predicted molar refractivity (Wildman–Crippen MR) is 62.9 cm³/mol. The van der Waals surface area contributed by atoms with Crippen molar-refractivity contribution in [3.8, 4) is 0 Å². The van der Waals surface area contributed by atoms with Gasteiger partial charge in [0.05, 0.1) is 6.04 Å². The minimum atomic E-state index is 0.404. The molecule has 2 unspecified atom stereocenters. The van der Waals surface area contributed by atoms with Crippen LogP contribution in [0, 0.1) is 5.92 Å². The van der Waals surface area contributed by atoms with E-state index in [0.29, 0.717) is 26.8 Å². The SMILES string of the molecule is C/C=C\C1=C(C)C2CI=CC2N1. The van der Waals surface area contributed by atoms with Crippen LogP contribution in [0.4, 0.5) is 0 Å². The third-order valence-electron chi connectivity index (χ3n) is 2.55. The molecule has 1 N–H and O–H groups in total. The predicted octanol–water partition coefficient (Wildman–Crippen LogP) is 2.21. The molecule has 2 rings (SSSR count). The number of halogens is 1. The summed E-state index contributed by atoms with van der Waals surface area (Å²) in [5.41, 5.74) is 2.94. The Morgan fingerprint density at radius 3 is 3.17 bits per heavy atom. The second-order valence-corrected chi connectivity index (χ2v) is 5.79. The summed E-state index contributed by atoms with van der Waals surface area (Å²) in [5, 5.41) is 3.57. The van der Waals surface area contributed by atoms with Gasteiger partial charge < -0.3 is 5.32 Å². The van der Waals surface area contributed by atoms with E-state index >= 15 is 0 Å². The molecule has 0 fully saturated rings. The van der Waals surface area contributed by atoms with Gasteiger partial charge in [0.1, 0.15) is 0 Å². The molecule has 1 nitrogen and oxygen atoms in total. The van der Waals surface area contributed by atoms with Gasteiger partial charge in [0.15, 0.2) is 0 Å². The first-order chi connectivity index (χ1) is 5.83. The van der Waals surface area contributed by atoms with Crippen molar-refractivity contribution >= 4 is 24.7 Å². The molecule has 2 atom stereocenters. The molecule has 0 radical (unpaired) electrons. The van der Waals surface area contributed by atoms with Crippen molar-refractivity contribution < 1.29 is 0 Å². The van der Waals surface area contributed by atoms with Crippen LogP contribution in [0.25, 0.3) is 0 Å². The Hall–Kier alpha value is -0.120. The number of hydrogen-bond acceptors (Lipinski definition) is 1. The summed E-state index contributed by atoms with van der Waals surface area (Å²) in [4.78, 5) is 0. The topological polar surface area (TPSA) is 12.0 Å². The van der Waals surface area contributed by atoms with Crippen molar-refractivity contribution in [1.29, 1.82) is 0 Å². The van der Waals surface area contributed by atoms with Crippen molar-refractivity contribution in [2.75, 3.05) is 4.43 Å². The molecule has 2 heteroatoms. The van der Waals surface area contributed by atoms with Gasteiger partial charge in [-0.3, -0.25) is 0 Å². The number of hydrogen-bond donors (Lipinski definition) is 1. The van der Waals surface area contributed by atoms with Gasteiger partial charge in [0.25, 0.3) is 0 Å². The highest BCUT2D eigenvalue weighted by Gasteiger charge is 2.31. The fraction of sp³-hybridized carbons (Fsp3) is 0.500. The molecule has 12 heavy (non-hydrogen) atoms. The van der Waals surface area contributed by atoms with E-state index in [2.05, 4.69) is 35.3 Å². The number of nitrogens with one attached hydrogen (secondary N) is 1. The van der Waals surface area contributed by atoms with E-state index < -0.39 is 0 Å². The minimum Gasteiger partial charge on any atom is -0.378 e. The first kappa shape index (κ1) is 8.48. The third kappa shape index (κ3) is 1.26. The molecule has 0 bridgehead atoms. The summed E-state index contributed by atoms with van der Waals surface area (Å²) in [6.45, 7) is 4.35. The number of alkyl halides is 1. The fourth-order valence-electron chi connectivity index (χ4n) is 1.78. The number of rotatable bonds is 1. The van der Waals surface area contributed by atoms with E-state index in [4.69, 9.17) is 0 Å². The highest BCUT2D eigenvalue weighted by Crippen LogP contribution is 2.33. The standard InChI is InChI=1S/C10H14IN/c1-3-4-9-7(2)8-5-11-6-10(8)12-9/h3-4,6,8,10,12H,5H2,1-2H3/b4-3-. The lowest BCUT2D eigenvalue weighted by atomic mass is 9.99.